The van der Waals surface area contributed by atoms with Crippen LogP contribution in [0.4, 0.5) is 4.39 Å². The molecule has 1 heterocycles. The molecule has 2 aromatic rings. The van der Waals surface area contributed by atoms with Crippen LogP contribution in [0, 0.1) is 12.7 Å². The van der Waals surface area contributed by atoms with Gasteiger partial charge in [-0.2, -0.15) is 0 Å². The molecule has 0 saturated heterocycles. The van der Waals surface area contributed by atoms with Crippen LogP contribution in [0.1, 0.15) is 21.6 Å². The van der Waals surface area contributed by atoms with E-state index in [1.165, 1.54) is 36.5 Å². The molecule has 1 aromatic heterocycles. The predicted octanol–water partition coefficient (Wildman–Crippen LogP) is 4.11. The Morgan fingerprint density at radius 1 is 1.47 bits per heavy atom. The number of hydrogen-bond acceptors (Lipinski definition) is 3. The maximum atomic E-state index is 13.7. The Morgan fingerprint density at radius 3 is 2.76 bits per heavy atom. The van der Waals surface area contributed by atoms with E-state index in [4.69, 9.17) is 11.6 Å². The van der Waals surface area contributed by atoms with Crippen molar-refractivity contribution in [3.63, 3.8) is 0 Å². The number of aromatic nitrogens is 1. The van der Waals surface area contributed by atoms with Crippen molar-refractivity contribution in [2.24, 2.45) is 0 Å². The number of rotatable bonds is 2. The summed E-state index contributed by atoms with van der Waals surface area (Å²) < 4.78 is 13.7. The highest BCUT2D eigenvalue weighted by molar-refractivity contribution is 7.14. The summed E-state index contributed by atoms with van der Waals surface area (Å²) in [5.74, 6) is -0.510. The van der Waals surface area contributed by atoms with E-state index in [2.05, 4.69) is 4.98 Å². The lowest BCUT2D eigenvalue weighted by molar-refractivity contribution is 0.101. The normalized spacial score (nSPS) is 10.6. The van der Waals surface area contributed by atoms with E-state index < -0.39 is 5.82 Å². The van der Waals surface area contributed by atoms with Crippen LogP contribution in [0.25, 0.3) is 11.3 Å². The molecule has 0 aliphatic carbocycles. The number of carbonyl (C=O) groups excluding carboxylic acids is 1. The quantitative estimate of drug-likeness (QED) is 0.768. The molecule has 0 aliphatic rings. The molecular weight excluding hydrogens is 261 g/mol. The van der Waals surface area contributed by atoms with Crippen LogP contribution >= 0.6 is 22.9 Å². The first-order valence-corrected chi connectivity index (χ1v) is 6.12. The van der Waals surface area contributed by atoms with Gasteiger partial charge in [0, 0.05) is 22.4 Å². The zero-order chi connectivity index (χ0) is 12.6. The summed E-state index contributed by atoms with van der Waals surface area (Å²) >= 11 is 7.09. The van der Waals surface area contributed by atoms with Gasteiger partial charge in [-0.1, -0.05) is 11.6 Å². The monoisotopic (exact) mass is 269 g/mol. The second-order valence-corrected chi connectivity index (χ2v) is 5.24. The number of nitrogens with zero attached hydrogens (tertiary/aromatic N) is 1. The highest BCUT2D eigenvalue weighted by Gasteiger charge is 2.15. The lowest BCUT2D eigenvalue weighted by Crippen LogP contribution is -1.91. The summed E-state index contributed by atoms with van der Waals surface area (Å²) in [7, 11) is 0. The first-order chi connectivity index (χ1) is 7.99. The van der Waals surface area contributed by atoms with E-state index in [-0.39, 0.29) is 5.78 Å². The molecule has 2 rings (SSSR count). The van der Waals surface area contributed by atoms with E-state index >= 15 is 0 Å². The lowest BCUT2D eigenvalue weighted by atomic mass is 10.1. The molecule has 0 saturated carbocycles. The highest BCUT2D eigenvalue weighted by atomic mass is 35.5. The molecule has 0 aliphatic heterocycles. The average Bonchev–Trinajstić information content (AvgIpc) is 2.64. The molecular formula is C12H9ClFNOS. The van der Waals surface area contributed by atoms with Crippen LogP contribution in [0.5, 0.6) is 0 Å². The number of hydrogen-bond donors (Lipinski definition) is 0. The fourth-order valence-corrected chi connectivity index (χ4v) is 2.47. The van der Waals surface area contributed by atoms with Crippen molar-refractivity contribution in [2.75, 3.05) is 0 Å². The number of thiazole rings is 1. The Morgan fingerprint density at radius 2 is 2.18 bits per heavy atom. The average molecular weight is 270 g/mol. The first kappa shape index (κ1) is 12.2. The predicted molar refractivity (Wildman–Crippen MR) is 67.3 cm³/mol. The lowest BCUT2D eigenvalue weighted by Gasteiger charge is -2.01. The van der Waals surface area contributed by atoms with Crippen LogP contribution in [-0.4, -0.2) is 10.8 Å². The molecule has 2 nitrogen and oxygen atoms in total. The van der Waals surface area contributed by atoms with Gasteiger partial charge in [0.25, 0.3) is 0 Å². The highest BCUT2D eigenvalue weighted by Crippen LogP contribution is 2.31. The van der Waals surface area contributed by atoms with Crippen molar-refractivity contribution in [1.82, 2.24) is 4.98 Å². The summed E-state index contributed by atoms with van der Waals surface area (Å²) in [4.78, 5) is 16.2. The minimum absolute atomic E-state index is 0.119. The van der Waals surface area contributed by atoms with Gasteiger partial charge in [-0.15, -0.1) is 11.3 Å². The minimum atomic E-state index is -0.391. The summed E-state index contributed by atoms with van der Waals surface area (Å²) in [5, 5.41) is 0.829. The number of Topliss-reactive ketones (excluding diaryl/α,β-unsaturated/α-hetero) is 1. The van der Waals surface area contributed by atoms with Gasteiger partial charge in [0.1, 0.15) is 5.82 Å². The van der Waals surface area contributed by atoms with E-state index in [0.29, 0.717) is 21.3 Å². The second kappa shape index (κ2) is 4.55. The molecule has 17 heavy (non-hydrogen) atoms. The molecule has 88 valence electrons. The third-order valence-corrected chi connectivity index (χ3v) is 3.59. The Balaban J connectivity index is 2.60. The van der Waals surface area contributed by atoms with Gasteiger partial charge in [-0.05, 0) is 25.1 Å². The number of halogens is 2. The Labute approximate surface area is 107 Å². The van der Waals surface area contributed by atoms with Gasteiger partial charge in [0.15, 0.2) is 10.8 Å². The number of benzene rings is 1. The molecule has 0 atom stereocenters. The van der Waals surface area contributed by atoms with Crippen LogP contribution in [0.3, 0.4) is 0 Å². The maximum absolute atomic E-state index is 13.7. The standard InChI is InChI=1S/C12H9ClFNOS/c1-6(16)12-15-11(7(2)17-12)9-5-8(13)3-4-10(9)14/h3-5H,1-2H3. The summed E-state index contributed by atoms with van der Waals surface area (Å²) in [5.41, 5.74) is 0.818. The number of carbonyl (C=O) groups is 1. The molecule has 0 spiro atoms. The number of aryl methyl sites for hydroxylation is 1. The Hall–Kier alpha value is -1.26. The van der Waals surface area contributed by atoms with E-state index in [1.807, 2.05) is 0 Å². The van der Waals surface area contributed by atoms with Gasteiger partial charge >= 0.3 is 0 Å². The van der Waals surface area contributed by atoms with Crippen LogP contribution in [0.15, 0.2) is 18.2 Å². The third kappa shape index (κ3) is 2.37. The zero-order valence-corrected chi connectivity index (χ0v) is 10.8. The second-order valence-electron chi connectivity index (χ2n) is 3.60. The smallest absolute Gasteiger partial charge is 0.188 e. The fraction of sp³-hybridized carbons (Fsp3) is 0.167. The van der Waals surface area contributed by atoms with E-state index in [0.717, 1.165) is 4.88 Å². The van der Waals surface area contributed by atoms with Crippen molar-refractivity contribution in [1.29, 1.82) is 0 Å². The maximum Gasteiger partial charge on any atom is 0.188 e. The van der Waals surface area contributed by atoms with Gasteiger partial charge in [-0.25, -0.2) is 9.37 Å². The SMILES string of the molecule is CC(=O)c1nc(-c2cc(Cl)ccc2F)c(C)s1. The van der Waals surface area contributed by atoms with Crippen molar-refractivity contribution in [3.8, 4) is 11.3 Å². The first-order valence-electron chi connectivity index (χ1n) is 4.93. The van der Waals surface area contributed by atoms with Crippen molar-refractivity contribution in [2.45, 2.75) is 13.8 Å². The summed E-state index contributed by atoms with van der Waals surface area (Å²) in [6, 6.07) is 4.29. The largest absolute Gasteiger partial charge is 0.292 e. The van der Waals surface area contributed by atoms with Gasteiger partial charge in [0.2, 0.25) is 0 Å². The fourth-order valence-electron chi connectivity index (χ4n) is 1.48. The third-order valence-electron chi connectivity index (χ3n) is 2.28. The van der Waals surface area contributed by atoms with Gasteiger partial charge < -0.3 is 0 Å². The Kier molecular flexibility index (Phi) is 3.26. The van der Waals surface area contributed by atoms with Crippen LogP contribution in [0.2, 0.25) is 5.02 Å². The molecule has 0 bridgehead atoms. The van der Waals surface area contributed by atoms with E-state index in [9.17, 15) is 9.18 Å². The van der Waals surface area contributed by atoms with Crippen molar-refractivity contribution in [3.05, 3.63) is 38.9 Å². The van der Waals surface area contributed by atoms with Crippen LogP contribution in [-0.2, 0) is 0 Å². The van der Waals surface area contributed by atoms with Crippen molar-refractivity contribution < 1.29 is 9.18 Å². The van der Waals surface area contributed by atoms with Gasteiger partial charge in [0.05, 0.1) is 5.69 Å². The molecule has 1 aromatic carbocycles. The molecule has 0 fully saturated rings. The molecule has 0 unspecified atom stereocenters. The van der Waals surface area contributed by atoms with E-state index in [1.54, 1.807) is 6.92 Å². The molecule has 0 N–H and O–H groups in total. The number of ketones is 1. The Bertz CT molecular complexity index is 594. The van der Waals surface area contributed by atoms with Gasteiger partial charge in [-0.3, -0.25) is 4.79 Å². The summed E-state index contributed by atoms with van der Waals surface area (Å²) in [6.45, 7) is 3.25. The molecule has 0 amide bonds. The minimum Gasteiger partial charge on any atom is -0.292 e. The molecule has 0 radical (unpaired) electrons. The zero-order valence-electron chi connectivity index (χ0n) is 9.25. The van der Waals surface area contributed by atoms with Crippen LogP contribution < -0.4 is 0 Å². The summed E-state index contributed by atoms with van der Waals surface area (Å²) in [6.07, 6.45) is 0. The molecule has 5 heteroatoms. The topological polar surface area (TPSA) is 30.0 Å². The van der Waals surface area contributed by atoms with Crippen molar-refractivity contribution >= 4 is 28.7 Å².